The van der Waals surface area contributed by atoms with E-state index < -0.39 is 0 Å². The summed E-state index contributed by atoms with van der Waals surface area (Å²) in [5, 5.41) is 2.86. The molecule has 0 fully saturated rings. The van der Waals surface area contributed by atoms with E-state index in [9.17, 15) is 4.79 Å². The Morgan fingerprint density at radius 2 is 1.14 bits per heavy atom. The van der Waals surface area contributed by atoms with E-state index in [0.29, 0.717) is 13.0 Å². The maximum atomic E-state index is 11.6. The van der Waals surface area contributed by atoms with Crippen LogP contribution in [0.3, 0.4) is 0 Å². The van der Waals surface area contributed by atoms with Crippen molar-refractivity contribution in [3.05, 3.63) is 72.9 Å². The highest BCUT2D eigenvalue weighted by Crippen LogP contribution is 1.98. The third kappa shape index (κ3) is 20.2. The number of hydrogen-bond acceptors (Lipinski definition) is 2. The molecule has 1 amide bonds. The summed E-state index contributed by atoms with van der Waals surface area (Å²) in [6, 6.07) is 0.0535. The van der Waals surface area contributed by atoms with Crippen LogP contribution in [0.25, 0.3) is 0 Å². The Morgan fingerprint density at radius 3 is 1.54 bits per heavy atom. The molecule has 1 unspecified atom stereocenters. The summed E-state index contributed by atoms with van der Waals surface area (Å²) in [6.45, 7) is 4.54. The van der Waals surface area contributed by atoms with Crippen molar-refractivity contribution in [3.63, 3.8) is 0 Å². The van der Waals surface area contributed by atoms with Gasteiger partial charge in [-0.2, -0.15) is 0 Å². The van der Waals surface area contributed by atoms with E-state index in [0.717, 1.165) is 44.9 Å². The Hall–Kier alpha value is -2.13. The van der Waals surface area contributed by atoms with E-state index in [2.05, 4.69) is 85.2 Å². The number of nitrogens with one attached hydrogen (secondary N) is 1. The summed E-state index contributed by atoms with van der Waals surface area (Å²) in [5.41, 5.74) is 5.47. The molecule has 0 spiro atoms. The largest absolute Gasteiger partial charge is 0.352 e. The molecule has 0 aliphatic carbocycles. The second-order valence-corrected chi connectivity index (χ2v) is 6.66. The van der Waals surface area contributed by atoms with E-state index in [1.165, 1.54) is 0 Å². The van der Waals surface area contributed by atoms with Crippen molar-refractivity contribution in [2.75, 3.05) is 6.54 Å². The topological polar surface area (TPSA) is 55.1 Å². The fourth-order valence-electron chi connectivity index (χ4n) is 2.26. The number of rotatable bonds is 16. The molecule has 156 valence electrons. The average molecular weight is 385 g/mol. The molecule has 3 heteroatoms. The number of carbonyl (C=O) groups is 1. The van der Waals surface area contributed by atoms with Crippen molar-refractivity contribution in [2.45, 2.75) is 71.3 Å². The number of hydrogen-bond donors (Lipinski definition) is 2. The van der Waals surface area contributed by atoms with Crippen LogP contribution in [0.4, 0.5) is 0 Å². The molecule has 0 heterocycles. The monoisotopic (exact) mass is 384 g/mol. The minimum atomic E-state index is 0.0535. The smallest absolute Gasteiger partial charge is 0.220 e. The first-order chi connectivity index (χ1) is 13.7. The van der Waals surface area contributed by atoms with Gasteiger partial charge in [-0.05, 0) is 51.9 Å². The molecular formula is C25H40N2O. The molecule has 0 bridgehead atoms. The van der Waals surface area contributed by atoms with Gasteiger partial charge in [-0.1, -0.05) is 79.8 Å². The van der Waals surface area contributed by atoms with Crippen LogP contribution in [0, 0.1) is 0 Å². The molecule has 0 aromatic rings. The molecule has 0 rings (SSSR count). The number of allylic oxidation sites excluding steroid dienone is 12. The molecule has 3 N–H and O–H groups in total. The highest BCUT2D eigenvalue weighted by Gasteiger charge is 2.03. The lowest BCUT2D eigenvalue weighted by molar-refractivity contribution is -0.121. The summed E-state index contributed by atoms with van der Waals surface area (Å²) in [4.78, 5) is 11.6. The van der Waals surface area contributed by atoms with Gasteiger partial charge in [-0.3, -0.25) is 4.79 Å². The summed E-state index contributed by atoms with van der Waals surface area (Å²) in [6.07, 6.45) is 33.4. The van der Waals surface area contributed by atoms with Crippen molar-refractivity contribution >= 4 is 5.91 Å². The van der Waals surface area contributed by atoms with E-state index in [1.54, 1.807) is 0 Å². The highest BCUT2D eigenvalue weighted by molar-refractivity contribution is 5.76. The molecule has 0 aliphatic heterocycles. The van der Waals surface area contributed by atoms with Crippen LogP contribution in [0.1, 0.15) is 65.2 Å². The first kappa shape index (κ1) is 25.9. The predicted octanol–water partition coefficient (Wildman–Crippen LogP) is 5.93. The van der Waals surface area contributed by atoms with Crippen molar-refractivity contribution in [1.82, 2.24) is 5.32 Å². The van der Waals surface area contributed by atoms with Gasteiger partial charge in [0, 0.05) is 19.0 Å². The standard InChI is InChI=1S/C25H40N2O/c1-3-4-5-6-7-8-9-10-11-12-13-14-15-16-17-18-19-20-21-22-25(28)27-24(2)23-26/h4-5,7-8,10-11,13-14,16-17,19-20,24H,3,6,9,12,15,18,21-23,26H2,1-2H3,(H,27,28)/b5-4-,8-7-,11-10-,14-13?,17-16-,20-19-. The van der Waals surface area contributed by atoms with Gasteiger partial charge < -0.3 is 11.1 Å². The lowest BCUT2D eigenvalue weighted by Gasteiger charge is -2.09. The van der Waals surface area contributed by atoms with E-state index in [-0.39, 0.29) is 11.9 Å². The number of carbonyl (C=O) groups excluding carboxylic acids is 1. The average Bonchev–Trinajstić information content (AvgIpc) is 2.69. The van der Waals surface area contributed by atoms with Gasteiger partial charge in [0.15, 0.2) is 0 Å². The molecule has 1 atom stereocenters. The van der Waals surface area contributed by atoms with Crippen molar-refractivity contribution < 1.29 is 4.79 Å². The van der Waals surface area contributed by atoms with Gasteiger partial charge >= 0.3 is 0 Å². The highest BCUT2D eigenvalue weighted by atomic mass is 16.1. The predicted molar refractivity (Wildman–Crippen MR) is 124 cm³/mol. The number of amides is 1. The fourth-order valence-corrected chi connectivity index (χ4v) is 2.26. The van der Waals surface area contributed by atoms with Crippen LogP contribution < -0.4 is 11.1 Å². The Balaban J connectivity index is 3.59. The summed E-state index contributed by atoms with van der Waals surface area (Å²) >= 11 is 0. The second-order valence-electron chi connectivity index (χ2n) is 6.66. The van der Waals surface area contributed by atoms with Gasteiger partial charge in [0.2, 0.25) is 5.91 Å². The Bertz CT molecular complexity index is 539. The normalized spacial score (nSPS) is 14.0. The summed E-state index contributed by atoms with van der Waals surface area (Å²) < 4.78 is 0. The second kappa shape index (κ2) is 21.2. The lowest BCUT2D eigenvalue weighted by Crippen LogP contribution is -2.37. The van der Waals surface area contributed by atoms with Crippen molar-refractivity contribution in [3.8, 4) is 0 Å². The van der Waals surface area contributed by atoms with E-state index >= 15 is 0 Å². The van der Waals surface area contributed by atoms with Crippen molar-refractivity contribution in [2.24, 2.45) is 5.73 Å². The third-order valence-corrected chi connectivity index (χ3v) is 3.90. The van der Waals surface area contributed by atoms with Gasteiger partial charge in [-0.25, -0.2) is 0 Å². The number of nitrogens with two attached hydrogens (primary N) is 1. The quantitative estimate of drug-likeness (QED) is 0.324. The zero-order valence-corrected chi connectivity index (χ0v) is 17.9. The van der Waals surface area contributed by atoms with Gasteiger partial charge in [0.1, 0.15) is 0 Å². The molecule has 28 heavy (non-hydrogen) atoms. The minimum Gasteiger partial charge on any atom is -0.352 e. The SMILES string of the molecule is CC/C=C\C/C=C\C/C=C\CC=CC/C=C\C/C=C\CCC(=O)NC(C)CN. The van der Waals surface area contributed by atoms with Crippen molar-refractivity contribution in [1.29, 1.82) is 0 Å². The molecule has 0 aromatic heterocycles. The third-order valence-electron chi connectivity index (χ3n) is 3.90. The van der Waals surface area contributed by atoms with Crippen LogP contribution in [0.2, 0.25) is 0 Å². The molecule has 0 radical (unpaired) electrons. The van der Waals surface area contributed by atoms with Crippen LogP contribution >= 0.6 is 0 Å². The molecule has 0 saturated carbocycles. The van der Waals surface area contributed by atoms with Crippen LogP contribution in [0.5, 0.6) is 0 Å². The maximum absolute atomic E-state index is 11.6. The Labute approximate surface area is 172 Å². The van der Waals surface area contributed by atoms with Gasteiger partial charge in [0.05, 0.1) is 0 Å². The summed E-state index contributed by atoms with van der Waals surface area (Å²) in [5.74, 6) is 0.0671. The first-order valence-corrected chi connectivity index (χ1v) is 10.6. The molecule has 0 saturated heterocycles. The lowest BCUT2D eigenvalue weighted by atomic mass is 10.2. The van der Waals surface area contributed by atoms with Gasteiger partial charge in [0.25, 0.3) is 0 Å². The van der Waals surface area contributed by atoms with Crippen LogP contribution in [0.15, 0.2) is 72.9 Å². The Morgan fingerprint density at radius 1 is 0.750 bits per heavy atom. The molecule has 3 nitrogen and oxygen atoms in total. The minimum absolute atomic E-state index is 0.0535. The van der Waals surface area contributed by atoms with Gasteiger partial charge in [-0.15, -0.1) is 0 Å². The molecular weight excluding hydrogens is 344 g/mol. The maximum Gasteiger partial charge on any atom is 0.220 e. The Kier molecular flexibility index (Phi) is 19.6. The van der Waals surface area contributed by atoms with Crippen LogP contribution in [-0.2, 0) is 4.79 Å². The fraction of sp³-hybridized carbons (Fsp3) is 0.480. The zero-order chi connectivity index (χ0) is 20.7. The zero-order valence-electron chi connectivity index (χ0n) is 17.9. The first-order valence-electron chi connectivity index (χ1n) is 10.6. The van der Waals surface area contributed by atoms with E-state index in [4.69, 9.17) is 5.73 Å². The summed E-state index contributed by atoms with van der Waals surface area (Å²) in [7, 11) is 0. The van der Waals surface area contributed by atoms with Crippen LogP contribution in [-0.4, -0.2) is 18.5 Å². The molecule has 0 aliphatic rings. The molecule has 0 aromatic carbocycles. The van der Waals surface area contributed by atoms with E-state index in [1.807, 2.05) is 6.92 Å².